The molecule has 2 atom stereocenters. The maximum absolute atomic E-state index is 13.4. The van der Waals surface area contributed by atoms with Gasteiger partial charge in [0.2, 0.25) is 17.7 Å². The third kappa shape index (κ3) is 6.62. The highest BCUT2D eigenvalue weighted by molar-refractivity contribution is 5.90. The van der Waals surface area contributed by atoms with Gasteiger partial charge < -0.3 is 15.5 Å². The lowest BCUT2D eigenvalue weighted by molar-refractivity contribution is -0.141. The Balaban J connectivity index is 1.35. The van der Waals surface area contributed by atoms with Crippen molar-refractivity contribution in [3.63, 3.8) is 0 Å². The number of rotatable bonds is 7. The summed E-state index contributed by atoms with van der Waals surface area (Å²) in [7, 11) is 0. The molecule has 0 aromatic heterocycles. The maximum atomic E-state index is 13.4. The standard InChI is InChI=1S/C29H39N3O3/c1-20(2)27(31-26(33)18-21-14-15-22-9-6-7-10-23(22)17-21)29(35)32-16-8-11-24(19-32)28(34)30-25-12-4-3-5-13-25/h6-7,9-10,14-15,17,20,24-25,27H,3-5,8,11-13,16,18-19H2,1-2H3,(H,30,34)(H,31,33). The molecule has 0 bridgehead atoms. The minimum absolute atomic E-state index is 0.0421. The van der Waals surface area contributed by atoms with Gasteiger partial charge >= 0.3 is 0 Å². The Kier molecular flexibility index (Phi) is 8.42. The molecule has 1 heterocycles. The monoisotopic (exact) mass is 477 g/mol. The van der Waals surface area contributed by atoms with Crippen molar-refractivity contribution in [3.05, 3.63) is 48.0 Å². The van der Waals surface area contributed by atoms with Crippen molar-refractivity contribution in [2.45, 2.75) is 77.3 Å². The van der Waals surface area contributed by atoms with E-state index in [0.717, 1.165) is 42.0 Å². The average molecular weight is 478 g/mol. The first-order chi connectivity index (χ1) is 16.9. The molecule has 1 aliphatic carbocycles. The van der Waals surface area contributed by atoms with Crippen LogP contribution in [-0.4, -0.2) is 47.8 Å². The lowest BCUT2D eigenvalue weighted by Gasteiger charge is -2.36. The summed E-state index contributed by atoms with van der Waals surface area (Å²) in [6.45, 7) is 4.98. The van der Waals surface area contributed by atoms with Crippen molar-refractivity contribution in [3.8, 4) is 0 Å². The molecule has 35 heavy (non-hydrogen) atoms. The predicted octanol–water partition coefficient (Wildman–Crippen LogP) is 4.21. The average Bonchev–Trinajstić information content (AvgIpc) is 2.87. The van der Waals surface area contributed by atoms with Gasteiger partial charge in [0, 0.05) is 19.1 Å². The number of piperidine rings is 1. The van der Waals surface area contributed by atoms with Crippen molar-refractivity contribution in [1.29, 1.82) is 0 Å². The molecule has 2 aliphatic rings. The Morgan fingerprint density at radius 1 is 0.943 bits per heavy atom. The summed E-state index contributed by atoms with van der Waals surface area (Å²) in [5.74, 6) is -0.371. The van der Waals surface area contributed by atoms with Crippen LogP contribution in [0.1, 0.15) is 64.4 Å². The van der Waals surface area contributed by atoms with Crippen molar-refractivity contribution in [2.24, 2.45) is 11.8 Å². The van der Waals surface area contributed by atoms with Crippen LogP contribution in [-0.2, 0) is 20.8 Å². The number of hydrogen-bond acceptors (Lipinski definition) is 3. The highest BCUT2D eigenvalue weighted by Gasteiger charge is 2.34. The molecule has 0 spiro atoms. The van der Waals surface area contributed by atoms with Crippen LogP contribution in [0.25, 0.3) is 10.8 Å². The highest BCUT2D eigenvalue weighted by atomic mass is 16.2. The molecular weight excluding hydrogens is 438 g/mol. The molecule has 6 nitrogen and oxygen atoms in total. The van der Waals surface area contributed by atoms with E-state index in [0.29, 0.717) is 13.1 Å². The van der Waals surface area contributed by atoms with Crippen molar-refractivity contribution in [1.82, 2.24) is 15.5 Å². The van der Waals surface area contributed by atoms with Gasteiger partial charge in [-0.25, -0.2) is 0 Å². The number of likely N-dealkylation sites (tertiary alicyclic amines) is 1. The summed E-state index contributed by atoms with van der Waals surface area (Å²) in [5, 5.41) is 8.45. The van der Waals surface area contributed by atoms with E-state index in [4.69, 9.17) is 0 Å². The molecule has 2 fully saturated rings. The summed E-state index contributed by atoms with van der Waals surface area (Å²) < 4.78 is 0. The molecule has 2 aromatic carbocycles. The number of amides is 3. The van der Waals surface area contributed by atoms with Crippen molar-refractivity contribution >= 4 is 28.5 Å². The van der Waals surface area contributed by atoms with E-state index in [2.05, 4.69) is 10.6 Å². The van der Waals surface area contributed by atoms with E-state index in [-0.39, 0.29) is 42.0 Å². The Labute approximate surface area is 208 Å². The van der Waals surface area contributed by atoms with Gasteiger partial charge in [-0.15, -0.1) is 0 Å². The zero-order chi connectivity index (χ0) is 24.8. The molecule has 4 rings (SSSR count). The quantitative estimate of drug-likeness (QED) is 0.627. The van der Waals surface area contributed by atoms with E-state index in [1.807, 2.05) is 56.3 Å². The Bertz CT molecular complexity index is 1040. The van der Waals surface area contributed by atoms with Crippen LogP contribution >= 0.6 is 0 Å². The van der Waals surface area contributed by atoms with Gasteiger partial charge in [0.05, 0.1) is 12.3 Å². The fourth-order valence-corrected chi connectivity index (χ4v) is 5.43. The number of benzene rings is 2. The second-order valence-corrected chi connectivity index (χ2v) is 10.6. The minimum Gasteiger partial charge on any atom is -0.353 e. The predicted molar refractivity (Wildman–Crippen MR) is 139 cm³/mol. The molecule has 6 heteroatoms. The smallest absolute Gasteiger partial charge is 0.245 e. The zero-order valence-corrected chi connectivity index (χ0v) is 21.1. The molecule has 0 radical (unpaired) electrons. The van der Waals surface area contributed by atoms with Gasteiger partial charge in [0.25, 0.3) is 0 Å². The second kappa shape index (κ2) is 11.7. The van der Waals surface area contributed by atoms with Crippen LogP contribution in [0.5, 0.6) is 0 Å². The SMILES string of the molecule is CC(C)C(NC(=O)Cc1ccc2ccccc2c1)C(=O)N1CCCC(C(=O)NC2CCCCC2)C1. The van der Waals surface area contributed by atoms with E-state index < -0.39 is 6.04 Å². The third-order valence-corrected chi connectivity index (χ3v) is 7.48. The lowest BCUT2D eigenvalue weighted by Crippen LogP contribution is -2.55. The molecule has 188 valence electrons. The molecular formula is C29H39N3O3. The molecule has 1 saturated heterocycles. The number of nitrogens with zero attached hydrogens (tertiary/aromatic N) is 1. The van der Waals surface area contributed by atoms with Crippen molar-refractivity contribution < 1.29 is 14.4 Å². The van der Waals surface area contributed by atoms with Gasteiger partial charge in [-0.1, -0.05) is 75.6 Å². The first-order valence-electron chi connectivity index (χ1n) is 13.3. The number of hydrogen-bond donors (Lipinski definition) is 2. The van der Waals surface area contributed by atoms with Gasteiger partial charge in [-0.3, -0.25) is 14.4 Å². The number of carbonyl (C=O) groups excluding carboxylic acids is 3. The van der Waals surface area contributed by atoms with Crippen LogP contribution < -0.4 is 10.6 Å². The molecule has 1 saturated carbocycles. The third-order valence-electron chi connectivity index (χ3n) is 7.48. The van der Waals surface area contributed by atoms with Crippen LogP contribution in [0.3, 0.4) is 0 Å². The van der Waals surface area contributed by atoms with Crippen LogP contribution in [0.4, 0.5) is 0 Å². The molecule has 2 unspecified atom stereocenters. The summed E-state index contributed by atoms with van der Waals surface area (Å²) in [6.07, 6.45) is 7.56. The number of carbonyl (C=O) groups is 3. The Morgan fingerprint density at radius 3 is 2.43 bits per heavy atom. The normalized spacial score (nSPS) is 20.0. The second-order valence-electron chi connectivity index (χ2n) is 10.6. The molecule has 2 N–H and O–H groups in total. The summed E-state index contributed by atoms with van der Waals surface area (Å²) >= 11 is 0. The number of nitrogens with one attached hydrogen (secondary N) is 2. The zero-order valence-electron chi connectivity index (χ0n) is 21.1. The van der Waals surface area contributed by atoms with E-state index >= 15 is 0 Å². The fourth-order valence-electron chi connectivity index (χ4n) is 5.43. The first-order valence-corrected chi connectivity index (χ1v) is 13.3. The maximum Gasteiger partial charge on any atom is 0.245 e. The first kappa shape index (κ1) is 25.2. The molecule has 2 aromatic rings. The molecule has 1 aliphatic heterocycles. The largest absolute Gasteiger partial charge is 0.353 e. The van der Waals surface area contributed by atoms with E-state index in [1.165, 1.54) is 19.3 Å². The van der Waals surface area contributed by atoms with Gasteiger partial charge in [0.1, 0.15) is 6.04 Å². The summed E-state index contributed by atoms with van der Waals surface area (Å²) in [4.78, 5) is 41.0. The minimum atomic E-state index is -0.594. The van der Waals surface area contributed by atoms with Crippen LogP contribution in [0.2, 0.25) is 0 Å². The lowest BCUT2D eigenvalue weighted by atomic mass is 9.92. The summed E-state index contributed by atoms with van der Waals surface area (Å²) in [6, 6.07) is 13.8. The van der Waals surface area contributed by atoms with Crippen molar-refractivity contribution in [2.75, 3.05) is 13.1 Å². The van der Waals surface area contributed by atoms with Crippen LogP contribution in [0.15, 0.2) is 42.5 Å². The van der Waals surface area contributed by atoms with E-state index in [1.54, 1.807) is 4.90 Å². The Hall–Kier alpha value is -2.89. The van der Waals surface area contributed by atoms with Gasteiger partial charge in [0.15, 0.2) is 0 Å². The van der Waals surface area contributed by atoms with Gasteiger partial charge in [-0.05, 0) is 47.9 Å². The van der Waals surface area contributed by atoms with Crippen LogP contribution in [0, 0.1) is 11.8 Å². The van der Waals surface area contributed by atoms with Gasteiger partial charge in [-0.2, -0.15) is 0 Å². The summed E-state index contributed by atoms with van der Waals surface area (Å²) in [5.41, 5.74) is 0.925. The van der Waals surface area contributed by atoms with E-state index in [9.17, 15) is 14.4 Å². The number of fused-ring (bicyclic) bond motifs is 1. The topological polar surface area (TPSA) is 78.5 Å². The molecule has 3 amide bonds. The Morgan fingerprint density at radius 2 is 1.69 bits per heavy atom. The fraction of sp³-hybridized carbons (Fsp3) is 0.552. The highest BCUT2D eigenvalue weighted by Crippen LogP contribution is 2.22.